The Morgan fingerprint density at radius 2 is 2.05 bits per heavy atom. The molecule has 0 spiro atoms. The maximum absolute atomic E-state index is 5.77. The van der Waals surface area contributed by atoms with Crippen LogP contribution in [0.1, 0.15) is 17.1 Å². The molecular formula is C15H17NO4. The number of nitrogens with one attached hydrogen (secondary N) is 1. The SMILES string of the molecule is CNCc1cc(COc2ccc3c(c2)OCO3)c(C)o1. The fourth-order valence-corrected chi connectivity index (χ4v) is 2.12. The Morgan fingerprint density at radius 1 is 1.20 bits per heavy atom. The van der Waals surface area contributed by atoms with E-state index >= 15 is 0 Å². The van der Waals surface area contributed by atoms with Crippen molar-refractivity contribution < 1.29 is 18.6 Å². The molecule has 1 aliphatic rings. The highest BCUT2D eigenvalue weighted by molar-refractivity contribution is 5.46. The second-order valence-electron chi connectivity index (χ2n) is 4.63. The van der Waals surface area contributed by atoms with Crippen LogP contribution < -0.4 is 19.5 Å². The average molecular weight is 275 g/mol. The quantitative estimate of drug-likeness (QED) is 0.909. The molecule has 3 rings (SSSR count). The Labute approximate surface area is 117 Å². The molecule has 2 heterocycles. The second-order valence-corrected chi connectivity index (χ2v) is 4.63. The second kappa shape index (κ2) is 5.46. The summed E-state index contributed by atoms with van der Waals surface area (Å²) in [5, 5.41) is 3.06. The van der Waals surface area contributed by atoms with Crippen LogP contribution in [0.5, 0.6) is 17.2 Å². The summed E-state index contributed by atoms with van der Waals surface area (Å²) in [6.45, 7) is 3.40. The van der Waals surface area contributed by atoms with Crippen molar-refractivity contribution in [2.45, 2.75) is 20.1 Å². The Hall–Kier alpha value is -2.14. The molecule has 0 saturated carbocycles. The molecule has 0 atom stereocenters. The van der Waals surface area contributed by atoms with Gasteiger partial charge in [0.2, 0.25) is 6.79 Å². The van der Waals surface area contributed by atoms with Crippen LogP contribution in [0.2, 0.25) is 0 Å². The van der Waals surface area contributed by atoms with Gasteiger partial charge in [0.05, 0.1) is 6.54 Å². The van der Waals surface area contributed by atoms with E-state index < -0.39 is 0 Å². The topological polar surface area (TPSA) is 52.9 Å². The van der Waals surface area contributed by atoms with Gasteiger partial charge in [-0.15, -0.1) is 0 Å². The Kier molecular flexibility index (Phi) is 3.52. The van der Waals surface area contributed by atoms with Crippen molar-refractivity contribution in [3.8, 4) is 17.2 Å². The summed E-state index contributed by atoms with van der Waals surface area (Å²) in [5.41, 5.74) is 1.05. The lowest BCUT2D eigenvalue weighted by atomic mass is 10.2. The maximum atomic E-state index is 5.77. The number of fused-ring (bicyclic) bond motifs is 1. The van der Waals surface area contributed by atoms with Gasteiger partial charge in [-0.2, -0.15) is 0 Å². The molecule has 5 nitrogen and oxygen atoms in total. The molecule has 0 radical (unpaired) electrons. The van der Waals surface area contributed by atoms with E-state index in [2.05, 4.69) is 5.32 Å². The molecular weight excluding hydrogens is 258 g/mol. The predicted octanol–water partition coefficient (Wildman–Crippen LogP) is 2.62. The first-order chi connectivity index (χ1) is 9.76. The summed E-state index contributed by atoms with van der Waals surface area (Å²) in [5.74, 6) is 4.03. The number of hydrogen-bond donors (Lipinski definition) is 1. The standard InChI is InChI=1S/C15H17NO4/c1-10-11(5-13(20-10)7-16-2)8-17-12-3-4-14-15(6-12)19-9-18-14/h3-6,16H,7-9H2,1-2H3. The van der Waals surface area contributed by atoms with Crippen LogP contribution in [0.3, 0.4) is 0 Å². The molecule has 1 N–H and O–H groups in total. The Bertz CT molecular complexity index is 606. The molecule has 106 valence electrons. The summed E-state index contributed by atoms with van der Waals surface area (Å²) in [4.78, 5) is 0. The van der Waals surface area contributed by atoms with Crippen molar-refractivity contribution >= 4 is 0 Å². The number of benzene rings is 1. The Balaban J connectivity index is 1.67. The maximum Gasteiger partial charge on any atom is 0.231 e. The highest BCUT2D eigenvalue weighted by atomic mass is 16.7. The molecule has 1 aromatic heterocycles. The molecule has 1 aliphatic heterocycles. The van der Waals surface area contributed by atoms with Crippen molar-refractivity contribution in [3.05, 3.63) is 41.3 Å². The van der Waals surface area contributed by atoms with Crippen LogP contribution in [0, 0.1) is 6.92 Å². The van der Waals surface area contributed by atoms with Crippen molar-refractivity contribution in [2.24, 2.45) is 0 Å². The lowest BCUT2D eigenvalue weighted by Gasteiger charge is -2.06. The first kappa shape index (κ1) is 12.9. The average Bonchev–Trinajstić information content (AvgIpc) is 3.03. The van der Waals surface area contributed by atoms with Crippen molar-refractivity contribution in [2.75, 3.05) is 13.8 Å². The first-order valence-electron chi connectivity index (χ1n) is 6.51. The van der Waals surface area contributed by atoms with Crippen molar-refractivity contribution in [3.63, 3.8) is 0 Å². The summed E-state index contributed by atoms with van der Waals surface area (Å²) < 4.78 is 22.0. The minimum absolute atomic E-state index is 0.271. The Morgan fingerprint density at radius 3 is 2.90 bits per heavy atom. The number of aryl methyl sites for hydroxylation is 1. The van der Waals surface area contributed by atoms with Gasteiger partial charge >= 0.3 is 0 Å². The van der Waals surface area contributed by atoms with Crippen LogP contribution >= 0.6 is 0 Å². The molecule has 0 bridgehead atoms. The molecule has 0 saturated heterocycles. The van der Waals surface area contributed by atoms with Gasteiger partial charge in [-0.25, -0.2) is 0 Å². The number of hydrogen-bond acceptors (Lipinski definition) is 5. The van der Waals surface area contributed by atoms with Gasteiger partial charge < -0.3 is 23.9 Å². The summed E-state index contributed by atoms with van der Waals surface area (Å²) in [7, 11) is 1.89. The van der Waals surface area contributed by atoms with E-state index in [1.54, 1.807) is 0 Å². The van der Waals surface area contributed by atoms with Gasteiger partial charge in [0.15, 0.2) is 11.5 Å². The fraction of sp³-hybridized carbons (Fsp3) is 0.333. The molecule has 0 aliphatic carbocycles. The molecule has 0 unspecified atom stereocenters. The lowest BCUT2D eigenvalue weighted by molar-refractivity contribution is 0.173. The molecule has 2 aromatic rings. The van der Waals surface area contributed by atoms with Crippen LogP contribution in [0.25, 0.3) is 0 Å². The number of ether oxygens (including phenoxy) is 3. The minimum Gasteiger partial charge on any atom is -0.489 e. The summed E-state index contributed by atoms with van der Waals surface area (Å²) >= 11 is 0. The van der Waals surface area contributed by atoms with E-state index in [1.165, 1.54) is 0 Å². The molecule has 20 heavy (non-hydrogen) atoms. The van der Waals surface area contributed by atoms with Crippen LogP contribution in [-0.2, 0) is 13.2 Å². The van der Waals surface area contributed by atoms with E-state index in [-0.39, 0.29) is 6.79 Å². The zero-order chi connectivity index (χ0) is 13.9. The van der Waals surface area contributed by atoms with Crippen molar-refractivity contribution in [1.29, 1.82) is 0 Å². The van der Waals surface area contributed by atoms with Crippen LogP contribution in [-0.4, -0.2) is 13.8 Å². The summed E-state index contributed by atoms with van der Waals surface area (Å²) in [6.07, 6.45) is 0. The number of rotatable bonds is 5. The van der Waals surface area contributed by atoms with E-state index in [9.17, 15) is 0 Å². The van der Waals surface area contributed by atoms with E-state index in [1.807, 2.05) is 38.2 Å². The van der Waals surface area contributed by atoms with E-state index in [4.69, 9.17) is 18.6 Å². The fourth-order valence-electron chi connectivity index (χ4n) is 2.12. The van der Waals surface area contributed by atoms with Gasteiger partial charge in [-0.1, -0.05) is 0 Å². The molecule has 5 heteroatoms. The van der Waals surface area contributed by atoms with Crippen LogP contribution in [0.4, 0.5) is 0 Å². The highest BCUT2D eigenvalue weighted by Gasteiger charge is 2.14. The first-order valence-corrected chi connectivity index (χ1v) is 6.51. The molecule has 0 amide bonds. The normalized spacial score (nSPS) is 12.7. The van der Waals surface area contributed by atoms with Gasteiger partial charge in [0, 0.05) is 11.6 Å². The minimum atomic E-state index is 0.271. The monoisotopic (exact) mass is 275 g/mol. The van der Waals surface area contributed by atoms with E-state index in [0.29, 0.717) is 13.2 Å². The molecule has 1 aromatic carbocycles. The third-order valence-corrected chi connectivity index (χ3v) is 3.16. The van der Waals surface area contributed by atoms with Crippen molar-refractivity contribution in [1.82, 2.24) is 5.32 Å². The third kappa shape index (κ3) is 2.58. The van der Waals surface area contributed by atoms with E-state index in [0.717, 1.165) is 34.3 Å². The van der Waals surface area contributed by atoms with Gasteiger partial charge in [-0.3, -0.25) is 0 Å². The van der Waals surface area contributed by atoms with Gasteiger partial charge in [0.25, 0.3) is 0 Å². The van der Waals surface area contributed by atoms with Gasteiger partial charge in [0.1, 0.15) is 23.9 Å². The van der Waals surface area contributed by atoms with Crippen LogP contribution in [0.15, 0.2) is 28.7 Å². The predicted molar refractivity (Wildman–Crippen MR) is 73.1 cm³/mol. The molecule has 0 fully saturated rings. The zero-order valence-corrected chi connectivity index (χ0v) is 11.6. The lowest BCUT2D eigenvalue weighted by Crippen LogP contribution is -2.03. The van der Waals surface area contributed by atoms with Gasteiger partial charge in [-0.05, 0) is 32.2 Å². The summed E-state index contributed by atoms with van der Waals surface area (Å²) in [6, 6.07) is 7.58. The highest BCUT2D eigenvalue weighted by Crippen LogP contribution is 2.35. The third-order valence-electron chi connectivity index (χ3n) is 3.16. The zero-order valence-electron chi connectivity index (χ0n) is 11.6. The largest absolute Gasteiger partial charge is 0.489 e. The number of furan rings is 1. The smallest absolute Gasteiger partial charge is 0.231 e.